The molecule has 0 spiro atoms. The Hall–Kier alpha value is -5.74. The van der Waals surface area contributed by atoms with Gasteiger partial charge in [0, 0.05) is 31.7 Å². The standard InChI is InChI=1S/C45H58N8O8/c1-27(2)37(51-44(58)60-5)41(56)53-21-10-20-45(53,3)42-46-24-34(48-42)30-16-12-28(13-17-30)29-14-18-31(19-15-29)38-35-26-61-22-9-7-6-8-11-33(49-43(57)59-4)40(55)52-25-32(54)23-36(52)39(47-35)50-38/h12-19,24,27,32-33,36-37,54H,6-11,20-23,25-26H2,1-5H3,(H,46,48)(H,47,50)(H,49,57)(H,51,58)/t32-,33-,36-,37-,45?/m0/s1. The average molecular weight is 839 g/mol. The fraction of sp³-hybridized carbons (Fsp3) is 0.511. The van der Waals surface area contributed by atoms with Crippen LogP contribution in [0.1, 0.15) is 95.5 Å². The summed E-state index contributed by atoms with van der Waals surface area (Å²) in [5.74, 6) is 0.685. The third-order valence-electron chi connectivity index (χ3n) is 12.3. The Morgan fingerprint density at radius 3 is 2.28 bits per heavy atom. The number of ether oxygens (including phenoxy) is 3. The molecule has 3 aliphatic rings. The van der Waals surface area contributed by atoms with Crippen LogP contribution >= 0.6 is 0 Å². The molecule has 16 nitrogen and oxygen atoms in total. The van der Waals surface area contributed by atoms with Crippen LogP contribution in [0, 0.1) is 5.92 Å². The highest BCUT2D eigenvalue weighted by Crippen LogP contribution is 2.39. The van der Waals surface area contributed by atoms with E-state index in [1.807, 2.05) is 62.1 Å². The van der Waals surface area contributed by atoms with Crippen LogP contribution in [0.2, 0.25) is 0 Å². The molecule has 2 fully saturated rings. The number of methoxy groups -OCH3 is 2. The maximum absolute atomic E-state index is 13.9. The van der Waals surface area contributed by atoms with E-state index in [1.165, 1.54) is 14.2 Å². The number of hydrogen-bond donors (Lipinski definition) is 5. The molecule has 5 atom stereocenters. The molecule has 2 saturated heterocycles. The molecule has 0 radical (unpaired) electrons. The van der Waals surface area contributed by atoms with Crippen molar-refractivity contribution < 1.29 is 38.5 Å². The molecule has 2 aromatic heterocycles. The van der Waals surface area contributed by atoms with Crippen LogP contribution in [-0.2, 0) is 35.9 Å². The second kappa shape index (κ2) is 18.9. The lowest BCUT2D eigenvalue weighted by Gasteiger charge is -2.37. The summed E-state index contributed by atoms with van der Waals surface area (Å²) in [6.07, 6.45) is 5.51. The number of rotatable bonds is 8. The number of nitrogens with one attached hydrogen (secondary N) is 4. The third-order valence-corrected chi connectivity index (χ3v) is 12.3. The minimum atomic E-state index is -0.778. The Balaban J connectivity index is 1.09. The molecule has 0 saturated carbocycles. The van der Waals surface area contributed by atoms with E-state index in [1.54, 1.807) is 11.1 Å². The zero-order valence-corrected chi connectivity index (χ0v) is 35.7. The highest BCUT2D eigenvalue weighted by molar-refractivity contribution is 5.87. The van der Waals surface area contributed by atoms with E-state index in [0.717, 1.165) is 72.2 Å². The molecule has 2 bridgehead atoms. The molecule has 16 heteroatoms. The number of nitrogens with zero attached hydrogens (tertiary/aromatic N) is 4. The number of benzene rings is 2. The Morgan fingerprint density at radius 2 is 1.59 bits per heavy atom. The number of hydrogen-bond acceptors (Lipinski definition) is 10. The number of imidazole rings is 2. The van der Waals surface area contributed by atoms with Gasteiger partial charge in [0.1, 0.15) is 23.7 Å². The summed E-state index contributed by atoms with van der Waals surface area (Å²) >= 11 is 0. The van der Waals surface area contributed by atoms with Crippen LogP contribution in [0.15, 0.2) is 54.7 Å². The number of aliphatic hydroxyl groups is 1. The molecule has 7 rings (SSSR count). The maximum atomic E-state index is 13.9. The molecule has 1 unspecified atom stereocenters. The van der Waals surface area contributed by atoms with Gasteiger partial charge in [0.05, 0.1) is 61.8 Å². The van der Waals surface area contributed by atoms with Crippen molar-refractivity contribution in [3.63, 3.8) is 0 Å². The Morgan fingerprint density at radius 1 is 0.918 bits per heavy atom. The molecular weight excluding hydrogens is 781 g/mol. The molecule has 326 valence electrons. The first-order valence-electron chi connectivity index (χ1n) is 21.3. The van der Waals surface area contributed by atoms with Crippen molar-refractivity contribution >= 4 is 24.0 Å². The number of carbonyl (C=O) groups excluding carboxylic acids is 4. The number of aromatic amines is 2. The van der Waals surface area contributed by atoms with E-state index in [0.29, 0.717) is 49.9 Å². The molecule has 4 aromatic rings. The monoisotopic (exact) mass is 838 g/mol. The number of H-pyrrole nitrogens is 2. The van der Waals surface area contributed by atoms with Crippen LogP contribution < -0.4 is 10.6 Å². The first-order valence-corrected chi connectivity index (χ1v) is 21.3. The van der Waals surface area contributed by atoms with Gasteiger partial charge in [0.25, 0.3) is 0 Å². The van der Waals surface area contributed by atoms with Crippen LogP contribution in [0.25, 0.3) is 33.6 Å². The highest BCUT2D eigenvalue weighted by atomic mass is 16.5. The number of aliphatic hydroxyl groups excluding tert-OH is 1. The minimum Gasteiger partial charge on any atom is -0.453 e. The van der Waals surface area contributed by atoms with Crippen molar-refractivity contribution in [3.05, 3.63) is 72.1 Å². The van der Waals surface area contributed by atoms with Gasteiger partial charge in [-0.15, -0.1) is 0 Å². The zero-order valence-electron chi connectivity index (χ0n) is 35.7. The number of amides is 4. The Labute approximate surface area is 356 Å². The lowest BCUT2D eigenvalue weighted by Crippen LogP contribution is -2.55. The van der Waals surface area contributed by atoms with Crippen molar-refractivity contribution in [1.29, 1.82) is 0 Å². The van der Waals surface area contributed by atoms with Gasteiger partial charge in [0.15, 0.2) is 0 Å². The van der Waals surface area contributed by atoms with Gasteiger partial charge in [0.2, 0.25) is 11.8 Å². The number of fused-ring (bicyclic) bond motifs is 4. The number of alkyl carbamates (subject to hydrolysis) is 2. The van der Waals surface area contributed by atoms with E-state index < -0.39 is 42.0 Å². The van der Waals surface area contributed by atoms with E-state index in [-0.39, 0.29) is 24.3 Å². The zero-order chi connectivity index (χ0) is 43.3. The van der Waals surface area contributed by atoms with E-state index in [9.17, 15) is 24.3 Å². The van der Waals surface area contributed by atoms with Gasteiger partial charge in [-0.05, 0) is 55.2 Å². The molecule has 61 heavy (non-hydrogen) atoms. The molecule has 5 N–H and O–H groups in total. The highest BCUT2D eigenvalue weighted by Gasteiger charge is 2.46. The van der Waals surface area contributed by atoms with Crippen LogP contribution in [0.4, 0.5) is 9.59 Å². The molecule has 0 aliphatic carbocycles. The molecule has 2 aromatic carbocycles. The van der Waals surface area contributed by atoms with Gasteiger partial charge in [-0.2, -0.15) is 0 Å². The van der Waals surface area contributed by atoms with Crippen molar-refractivity contribution in [2.75, 3.05) is 33.9 Å². The average Bonchev–Trinajstić information content (AvgIpc) is 4.09. The molecular formula is C45H58N8O8. The predicted octanol–water partition coefficient (Wildman–Crippen LogP) is 6.19. The predicted molar refractivity (Wildman–Crippen MR) is 227 cm³/mol. The van der Waals surface area contributed by atoms with E-state index in [2.05, 4.69) is 32.7 Å². The lowest BCUT2D eigenvalue weighted by atomic mass is 9.95. The SMILES string of the molecule is COC(=O)N[C@H]1CCCCCCOCc2[nH]c(nc2-c2ccc(-c3ccc(-c4cnc(C5(C)CCCN5C(=O)[C@@H](NC(=O)OC)C(C)C)[nH]4)cc3)cc2)[C@@H]2C[C@H](O)CN2C1=O. The van der Waals surface area contributed by atoms with Gasteiger partial charge in [-0.3, -0.25) is 9.59 Å². The number of likely N-dealkylation sites (tertiary alicyclic amines) is 1. The number of aromatic nitrogens is 4. The summed E-state index contributed by atoms with van der Waals surface area (Å²) < 4.78 is 15.7. The fourth-order valence-corrected chi connectivity index (χ4v) is 8.82. The van der Waals surface area contributed by atoms with Crippen LogP contribution in [-0.4, -0.2) is 111 Å². The van der Waals surface area contributed by atoms with Gasteiger partial charge >= 0.3 is 12.2 Å². The third kappa shape index (κ3) is 9.44. The van der Waals surface area contributed by atoms with Crippen molar-refractivity contribution in [2.45, 2.75) is 109 Å². The van der Waals surface area contributed by atoms with Crippen molar-refractivity contribution in [1.82, 2.24) is 40.4 Å². The second-order valence-corrected chi connectivity index (χ2v) is 16.8. The maximum Gasteiger partial charge on any atom is 0.407 e. The van der Waals surface area contributed by atoms with Crippen molar-refractivity contribution in [2.24, 2.45) is 5.92 Å². The minimum absolute atomic E-state index is 0.133. The summed E-state index contributed by atoms with van der Waals surface area (Å²) in [5, 5.41) is 16.2. The summed E-state index contributed by atoms with van der Waals surface area (Å²) in [7, 11) is 2.56. The lowest BCUT2D eigenvalue weighted by molar-refractivity contribution is -0.138. The quantitative estimate of drug-likeness (QED) is 0.136. The summed E-state index contributed by atoms with van der Waals surface area (Å²) in [6, 6.07) is 14.3. The smallest absolute Gasteiger partial charge is 0.407 e. The van der Waals surface area contributed by atoms with Crippen molar-refractivity contribution in [3.8, 4) is 33.6 Å². The topological polar surface area (TPSA) is 204 Å². The van der Waals surface area contributed by atoms with Gasteiger partial charge in [-0.1, -0.05) is 81.6 Å². The summed E-state index contributed by atoms with van der Waals surface area (Å²) in [5.41, 5.74) is 5.52. The number of carbonyl (C=O) groups is 4. The molecule has 4 amide bonds. The van der Waals surface area contributed by atoms with Crippen LogP contribution in [0.5, 0.6) is 0 Å². The second-order valence-electron chi connectivity index (χ2n) is 16.8. The first kappa shape index (κ1) is 43.4. The van der Waals surface area contributed by atoms with Gasteiger partial charge < -0.3 is 49.7 Å². The molecule has 5 heterocycles. The summed E-state index contributed by atoms with van der Waals surface area (Å²) in [4.78, 5) is 72.2. The van der Waals surface area contributed by atoms with Gasteiger partial charge in [-0.25, -0.2) is 19.6 Å². The summed E-state index contributed by atoms with van der Waals surface area (Å²) in [6.45, 7) is 7.39. The Bertz CT molecular complexity index is 2170. The normalized spacial score (nSPS) is 22.9. The van der Waals surface area contributed by atoms with E-state index in [4.69, 9.17) is 24.2 Å². The Kier molecular flexibility index (Phi) is 13.4. The molecule has 3 aliphatic heterocycles. The first-order chi connectivity index (χ1) is 29.4. The fourth-order valence-electron chi connectivity index (χ4n) is 8.82. The van der Waals surface area contributed by atoms with Crippen LogP contribution in [0.3, 0.4) is 0 Å². The van der Waals surface area contributed by atoms with E-state index >= 15 is 0 Å². The largest absolute Gasteiger partial charge is 0.453 e.